The maximum Gasteiger partial charge on any atom is 0.422 e. The van der Waals surface area contributed by atoms with Crippen LogP contribution in [0.1, 0.15) is 23.3 Å². The number of halogens is 3. The first-order valence-electron chi connectivity index (χ1n) is 6.62. The lowest BCUT2D eigenvalue weighted by atomic mass is 10.1. The number of amides is 1. The van der Waals surface area contributed by atoms with Gasteiger partial charge in [0.1, 0.15) is 0 Å². The van der Waals surface area contributed by atoms with E-state index in [4.69, 9.17) is 0 Å². The summed E-state index contributed by atoms with van der Waals surface area (Å²) in [7, 11) is 0. The minimum atomic E-state index is -4.46. The molecular formula is C13H16F3N3O2. The summed E-state index contributed by atoms with van der Waals surface area (Å²) in [6.45, 7) is 0.0805. The highest BCUT2D eigenvalue weighted by molar-refractivity contribution is 5.95. The van der Waals surface area contributed by atoms with E-state index in [1.165, 1.54) is 18.3 Å². The van der Waals surface area contributed by atoms with E-state index < -0.39 is 18.7 Å². The zero-order chi connectivity index (χ0) is 15.3. The van der Waals surface area contributed by atoms with Crippen LogP contribution in [-0.4, -0.2) is 42.8 Å². The number of piperidine rings is 1. The highest BCUT2D eigenvalue weighted by Crippen LogP contribution is 2.21. The van der Waals surface area contributed by atoms with E-state index in [9.17, 15) is 18.0 Å². The molecule has 1 aliphatic rings. The predicted octanol–water partition coefficient (Wildman–Crippen LogP) is 1.50. The Morgan fingerprint density at radius 2 is 2.33 bits per heavy atom. The third-order valence-corrected chi connectivity index (χ3v) is 3.01. The van der Waals surface area contributed by atoms with E-state index in [0.717, 1.165) is 19.4 Å². The fourth-order valence-corrected chi connectivity index (χ4v) is 2.07. The molecule has 0 spiro atoms. The Morgan fingerprint density at radius 3 is 3.00 bits per heavy atom. The quantitative estimate of drug-likeness (QED) is 0.885. The van der Waals surface area contributed by atoms with Crippen molar-refractivity contribution in [1.82, 2.24) is 15.6 Å². The molecule has 5 nitrogen and oxygen atoms in total. The molecule has 0 aromatic carbocycles. The molecule has 1 aromatic rings. The second kappa shape index (κ2) is 6.75. The Balaban J connectivity index is 2.02. The number of pyridine rings is 1. The number of aromatic nitrogens is 1. The molecule has 2 rings (SSSR count). The van der Waals surface area contributed by atoms with Crippen LogP contribution in [0.25, 0.3) is 0 Å². The molecule has 1 atom stereocenters. The molecular weight excluding hydrogens is 287 g/mol. The van der Waals surface area contributed by atoms with Crippen molar-refractivity contribution in [2.75, 3.05) is 19.7 Å². The summed E-state index contributed by atoms with van der Waals surface area (Å²) in [5.74, 6) is -0.697. The number of hydrogen-bond acceptors (Lipinski definition) is 4. The summed E-state index contributed by atoms with van der Waals surface area (Å²) in [6.07, 6.45) is -1.36. The second-order valence-corrected chi connectivity index (χ2v) is 4.77. The first kappa shape index (κ1) is 15.6. The van der Waals surface area contributed by atoms with Crippen LogP contribution in [0.3, 0.4) is 0 Å². The molecule has 1 aliphatic heterocycles. The summed E-state index contributed by atoms with van der Waals surface area (Å²) >= 11 is 0. The van der Waals surface area contributed by atoms with Gasteiger partial charge in [-0.2, -0.15) is 13.2 Å². The number of nitrogens with one attached hydrogen (secondary N) is 2. The Morgan fingerprint density at radius 1 is 1.52 bits per heavy atom. The van der Waals surface area contributed by atoms with Gasteiger partial charge in [-0.15, -0.1) is 0 Å². The second-order valence-electron chi connectivity index (χ2n) is 4.77. The zero-order valence-electron chi connectivity index (χ0n) is 11.2. The molecule has 8 heteroatoms. The molecule has 0 radical (unpaired) electrons. The largest absolute Gasteiger partial charge is 0.482 e. The van der Waals surface area contributed by atoms with Gasteiger partial charge in [0, 0.05) is 18.8 Å². The van der Waals surface area contributed by atoms with E-state index in [0.29, 0.717) is 6.54 Å². The average molecular weight is 303 g/mol. The van der Waals surface area contributed by atoms with Gasteiger partial charge in [0.15, 0.2) is 18.1 Å². The van der Waals surface area contributed by atoms with Crippen molar-refractivity contribution in [3.05, 3.63) is 24.0 Å². The molecule has 1 amide bonds. The molecule has 21 heavy (non-hydrogen) atoms. The highest BCUT2D eigenvalue weighted by atomic mass is 19.4. The van der Waals surface area contributed by atoms with Gasteiger partial charge in [-0.1, -0.05) is 0 Å². The monoisotopic (exact) mass is 303 g/mol. The van der Waals surface area contributed by atoms with Crippen LogP contribution < -0.4 is 15.4 Å². The fourth-order valence-electron chi connectivity index (χ4n) is 2.07. The van der Waals surface area contributed by atoms with Gasteiger partial charge in [0.2, 0.25) is 0 Å². The molecule has 1 saturated heterocycles. The first-order chi connectivity index (χ1) is 9.96. The summed E-state index contributed by atoms with van der Waals surface area (Å²) < 4.78 is 41.2. The molecule has 0 aliphatic carbocycles. The summed E-state index contributed by atoms with van der Waals surface area (Å²) in [4.78, 5) is 15.9. The van der Waals surface area contributed by atoms with Gasteiger partial charge in [0.25, 0.3) is 5.91 Å². The lowest BCUT2D eigenvalue weighted by Crippen LogP contribution is -2.45. The predicted molar refractivity (Wildman–Crippen MR) is 69.1 cm³/mol. The molecule has 0 bridgehead atoms. The van der Waals surface area contributed by atoms with Crippen molar-refractivity contribution in [2.24, 2.45) is 0 Å². The molecule has 0 saturated carbocycles. The van der Waals surface area contributed by atoms with Gasteiger partial charge >= 0.3 is 6.18 Å². The van der Waals surface area contributed by atoms with E-state index in [1.54, 1.807) is 0 Å². The topological polar surface area (TPSA) is 63.2 Å². The molecule has 116 valence electrons. The van der Waals surface area contributed by atoms with Crippen molar-refractivity contribution < 1.29 is 22.7 Å². The third kappa shape index (κ3) is 4.89. The maximum atomic E-state index is 12.2. The Bertz CT molecular complexity index is 488. The van der Waals surface area contributed by atoms with Crippen LogP contribution in [-0.2, 0) is 0 Å². The number of rotatable bonds is 4. The van der Waals surface area contributed by atoms with Crippen molar-refractivity contribution >= 4 is 5.91 Å². The van der Waals surface area contributed by atoms with E-state index in [-0.39, 0.29) is 17.5 Å². The van der Waals surface area contributed by atoms with E-state index in [2.05, 4.69) is 20.4 Å². The van der Waals surface area contributed by atoms with Crippen molar-refractivity contribution in [2.45, 2.75) is 25.1 Å². The zero-order valence-corrected chi connectivity index (χ0v) is 11.2. The number of carbonyl (C=O) groups is 1. The molecule has 1 fully saturated rings. The summed E-state index contributed by atoms with van der Waals surface area (Å²) in [6, 6.07) is 2.67. The highest BCUT2D eigenvalue weighted by Gasteiger charge is 2.29. The number of ether oxygens (including phenoxy) is 1. The minimum Gasteiger partial charge on any atom is -0.482 e. The van der Waals surface area contributed by atoms with Gasteiger partial charge in [-0.3, -0.25) is 4.79 Å². The number of nitrogens with zero attached hydrogens (tertiary/aromatic N) is 1. The van der Waals surface area contributed by atoms with Crippen LogP contribution in [0.4, 0.5) is 13.2 Å². The van der Waals surface area contributed by atoms with Crippen molar-refractivity contribution in [3.63, 3.8) is 0 Å². The molecule has 1 aromatic heterocycles. The normalized spacial score (nSPS) is 19.1. The lowest BCUT2D eigenvalue weighted by Gasteiger charge is -2.24. The van der Waals surface area contributed by atoms with E-state index >= 15 is 0 Å². The number of hydrogen-bond donors (Lipinski definition) is 2. The van der Waals surface area contributed by atoms with Crippen molar-refractivity contribution in [3.8, 4) is 5.75 Å². The third-order valence-electron chi connectivity index (χ3n) is 3.01. The van der Waals surface area contributed by atoms with Gasteiger partial charge in [0.05, 0.1) is 0 Å². The SMILES string of the molecule is O=C(N[C@H]1CCCNC1)c1ncccc1OCC(F)(F)F. The van der Waals surface area contributed by atoms with Crippen LogP contribution >= 0.6 is 0 Å². The maximum absolute atomic E-state index is 12.2. The van der Waals surface area contributed by atoms with Crippen LogP contribution in [0.2, 0.25) is 0 Å². The lowest BCUT2D eigenvalue weighted by molar-refractivity contribution is -0.153. The Labute approximate surface area is 119 Å². The van der Waals surface area contributed by atoms with Crippen LogP contribution in [0.5, 0.6) is 5.75 Å². The standard InChI is InChI=1S/C13H16F3N3O2/c14-13(15,16)8-21-10-4-2-6-18-11(10)12(20)19-9-3-1-5-17-7-9/h2,4,6,9,17H,1,3,5,7-8H2,(H,19,20)/t9-/m0/s1. The van der Waals surface area contributed by atoms with E-state index in [1.807, 2.05) is 0 Å². The average Bonchev–Trinajstić information content (AvgIpc) is 2.46. The van der Waals surface area contributed by atoms with Gasteiger partial charge in [-0.25, -0.2) is 4.98 Å². The smallest absolute Gasteiger partial charge is 0.422 e. The fraction of sp³-hybridized carbons (Fsp3) is 0.538. The molecule has 2 heterocycles. The minimum absolute atomic E-state index is 0.0521. The first-order valence-corrected chi connectivity index (χ1v) is 6.62. The molecule has 2 N–H and O–H groups in total. The number of carbonyl (C=O) groups excluding carboxylic acids is 1. The van der Waals surface area contributed by atoms with Gasteiger partial charge < -0.3 is 15.4 Å². The van der Waals surface area contributed by atoms with Crippen LogP contribution in [0.15, 0.2) is 18.3 Å². The summed E-state index contributed by atoms with van der Waals surface area (Å²) in [5, 5.41) is 5.88. The number of alkyl halides is 3. The Hall–Kier alpha value is -1.83. The van der Waals surface area contributed by atoms with Crippen LogP contribution in [0, 0.1) is 0 Å². The van der Waals surface area contributed by atoms with Gasteiger partial charge in [-0.05, 0) is 31.5 Å². The van der Waals surface area contributed by atoms with Crippen molar-refractivity contribution in [1.29, 1.82) is 0 Å². The summed E-state index contributed by atoms with van der Waals surface area (Å²) in [5.41, 5.74) is -0.132. The Kier molecular flexibility index (Phi) is 5.00. The molecule has 0 unspecified atom stereocenters.